The summed E-state index contributed by atoms with van der Waals surface area (Å²) in [6, 6.07) is 1.76. The average Bonchev–Trinajstić information content (AvgIpc) is 2.54. The summed E-state index contributed by atoms with van der Waals surface area (Å²) in [5.74, 6) is -1.09. The molecule has 0 amide bonds. The Kier molecular flexibility index (Phi) is 6.52. The lowest BCUT2D eigenvalue weighted by Crippen LogP contribution is -2.32. The fourth-order valence-corrected chi connectivity index (χ4v) is 3.27. The number of carboxylic acids is 1. The van der Waals surface area contributed by atoms with Crippen molar-refractivity contribution in [1.82, 2.24) is 0 Å². The fraction of sp³-hybridized carbons (Fsp3) is 0.500. The van der Waals surface area contributed by atoms with Gasteiger partial charge in [-0.15, -0.1) is 0 Å². The molecular weight excluding hydrogens is 328 g/mol. The van der Waals surface area contributed by atoms with E-state index in [1.807, 2.05) is 13.0 Å². The second-order valence-corrected chi connectivity index (χ2v) is 7.48. The van der Waals surface area contributed by atoms with E-state index in [2.05, 4.69) is 26.8 Å². The highest BCUT2D eigenvalue weighted by Crippen LogP contribution is 2.40. The van der Waals surface area contributed by atoms with Gasteiger partial charge < -0.3 is 14.9 Å². The van der Waals surface area contributed by atoms with Crippen molar-refractivity contribution < 1.29 is 19.7 Å². The zero-order valence-corrected chi connectivity index (χ0v) is 16.2. The van der Waals surface area contributed by atoms with Gasteiger partial charge in [0.15, 0.2) is 0 Å². The summed E-state index contributed by atoms with van der Waals surface area (Å²) in [5, 5.41) is 22.2. The van der Waals surface area contributed by atoms with Crippen LogP contribution < -0.4 is 9.84 Å². The molecule has 1 heterocycles. The van der Waals surface area contributed by atoms with Gasteiger partial charge in [-0.2, -0.15) is 0 Å². The summed E-state index contributed by atoms with van der Waals surface area (Å²) in [4.78, 5) is 11.6. The van der Waals surface area contributed by atoms with Crippen LogP contribution in [0.4, 0.5) is 0 Å². The number of fused-ring (bicyclic) bond motifs is 1. The summed E-state index contributed by atoms with van der Waals surface area (Å²) in [6.45, 7) is 8.22. The van der Waals surface area contributed by atoms with Crippen molar-refractivity contribution in [2.24, 2.45) is 0 Å². The molecular formula is C22H29O4-. The second kappa shape index (κ2) is 8.43. The lowest BCUT2D eigenvalue weighted by Gasteiger charge is -2.34. The van der Waals surface area contributed by atoms with Crippen LogP contribution >= 0.6 is 0 Å². The molecule has 0 saturated carbocycles. The summed E-state index contributed by atoms with van der Waals surface area (Å²) in [5.41, 5.74) is 1.59. The van der Waals surface area contributed by atoms with Crippen LogP contribution in [-0.4, -0.2) is 16.7 Å². The minimum absolute atomic E-state index is 0.110. The third-order valence-corrected chi connectivity index (χ3v) is 4.77. The molecule has 0 aliphatic carbocycles. The van der Waals surface area contributed by atoms with Crippen molar-refractivity contribution in [3.8, 4) is 11.5 Å². The fourth-order valence-electron chi connectivity index (χ4n) is 3.27. The van der Waals surface area contributed by atoms with Crippen LogP contribution in [0.2, 0.25) is 0 Å². The maximum Gasteiger partial charge on any atom is 0.335 e. The molecule has 0 radical (unpaired) electrons. The van der Waals surface area contributed by atoms with Gasteiger partial charge in [-0.1, -0.05) is 43.2 Å². The molecule has 1 atom stereocenters. The molecule has 4 heteroatoms. The van der Waals surface area contributed by atoms with Crippen LogP contribution in [0.3, 0.4) is 0 Å². The van der Waals surface area contributed by atoms with Crippen LogP contribution in [0.1, 0.15) is 81.3 Å². The number of unbranched alkanes of at least 4 members (excludes halogenated alkanes) is 2. The van der Waals surface area contributed by atoms with Gasteiger partial charge in [0.05, 0.1) is 5.56 Å². The lowest BCUT2D eigenvalue weighted by molar-refractivity contribution is -0.269. The predicted octanol–water partition coefficient (Wildman–Crippen LogP) is 5.10. The predicted molar refractivity (Wildman–Crippen MR) is 103 cm³/mol. The first-order valence-corrected chi connectivity index (χ1v) is 9.39. The molecule has 0 saturated heterocycles. The Hall–Kier alpha value is -2.23. The Morgan fingerprint density at radius 3 is 2.69 bits per heavy atom. The minimum Gasteiger partial charge on any atom is -0.871 e. The summed E-state index contributed by atoms with van der Waals surface area (Å²) in [6.07, 6.45) is 10.9. The van der Waals surface area contributed by atoms with E-state index in [-0.39, 0.29) is 5.56 Å². The minimum atomic E-state index is -1.16. The van der Waals surface area contributed by atoms with Gasteiger partial charge in [0.25, 0.3) is 0 Å². The average molecular weight is 357 g/mol. The SMILES string of the molecule is CCCCCc1cc2c(c([O-])c1C(=O)O)C=CC(C)(CCC=C(C)C)O2. The highest BCUT2D eigenvalue weighted by Gasteiger charge is 2.28. The molecule has 1 unspecified atom stereocenters. The van der Waals surface area contributed by atoms with Gasteiger partial charge >= 0.3 is 5.97 Å². The highest BCUT2D eigenvalue weighted by molar-refractivity contribution is 5.95. The highest BCUT2D eigenvalue weighted by atomic mass is 16.5. The molecule has 1 aliphatic heterocycles. The molecule has 1 aromatic carbocycles. The van der Waals surface area contributed by atoms with Crippen LogP contribution in [-0.2, 0) is 6.42 Å². The Morgan fingerprint density at radius 1 is 1.35 bits per heavy atom. The van der Waals surface area contributed by atoms with Gasteiger partial charge in [0.2, 0.25) is 0 Å². The number of carbonyl (C=O) groups is 1. The van der Waals surface area contributed by atoms with E-state index in [1.165, 1.54) is 5.57 Å². The van der Waals surface area contributed by atoms with Gasteiger partial charge in [0, 0.05) is 5.56 Å². The number of hydrogen-bond acceptors (Lipinski definition) is 3. The normalized spacial score (nSPS) is 18.2. The Labute approximate surface area is 156 Å². The molecule has 0 bridgehead atoms. The molecule has 1 aliphatic rings. The zero-order valence-electron chi connectivity index (χ0n) is 16.2. The number of aryl methyl sites for hydroxylation is 1. The van der Waals surface area contributed by atoms with Crippen molar-refractivity contribution in [3.05, 3.63) is 40.5 Å². The first-order chi connectivity index (χ1) is 12.3. The van der Waals surface area contributed by atoms with E-state index < -0.39 is 17.3 Å². The first-order valence-electron chi connectivity index (χ1n) is 9.39. The number of hydrogen-bond donors (Lipinski definition) is 1. The molecule has 0 fully saturated rings. The van der Waals surface area contributed by atoms with Crippen molar-refractivity contribution in [1.29, 1.82) is 0 Å². The van der Waals surface area contributed by atoms with Gasteiger partial charge in [-0.05, 0) is 64.2 Å². The number of benzene rings is 1. The second-order valence-electron chi connectivity index (χ2n) is 7.48. The molecule has 142 valence electrons. The first kappa shape index (κ1) is 20.1. The van der Waals surface area contributed by atoms with E-state index in [1.54, 1.807) is 12.1 Å². The largest absolute Gasteiger partial charge is 0.871 e. The van der Waals surface area contributed by atoms with E-state index in [0.717, 1.165) is 32.1 Å². The standard InChI is InChI=1S/C22H30O4/c1-5-6-7-10-16-14-18-17(20(23)19(16)21(24)25)11-13-22(4,26-18)12-8-9-15(2)3/h9,11,13-14,23H,5-8,10,12H2,1-4H3,(H,24,25)/p-1. The number of allylic oxidation sites excluding steroid dienone is 2. The van der Waals surface area contributed by atoms with E-state index in [0.29, 0.717) is 23.3 Å². The molecule has 26 heavy (non-hydrogen) atoms. The smallest absolute Gasteiger partial charge is 0.335 e. The van der Waals surface area contributed by atoms with Crippen LogP contribution in [0.25, 0.3) is 6.08 Å². The van der Waals surface area contributed by atoms with E-state index >= 15 is 0 Å². The van der Waals surface area contributed by atoms with E-state index in [4.69, 9.17) is 4.74 Å². The lowest BCUT2D eigenvalue weighted by atomic mass is 9.91. The summed E-state index contributed by atoms with van der Waals surface area (Å²) < 4.78 is 6.15. The maximum atomic E-state index is 12.7. The quantitative estimate of drug-likeness (QED) is 0.519. The molecule has 0 spiro atoms. The number of ether oxygens (including phenoxy) is 1. The summed E-state index contributed by atoms with van der Waals surface area (Å²) in [7, 11) is 0. The summed E-state index contributed by atoms with van der Waals surface area (Å²) >= 11 is 0. The molecule has 2 rings (SSSR count). The Morgan fingerprint density at radius 2 is 2.08 bits per heavy atom. The van der Waals surface area contributed by atoms with Crippen molar-refractivity contribution in [2.75, 3.05) is 0 Å². The monoisotopic (exact) mass is 357 g/mol. The zero-order chi connectivity index (χ0) is 19.3. The topological polar surface area (TPSA) is 69.6 Å². The van der Waals surface area contributed by atoms with Gasteiger partial charge in [-0.25, -0.2) is 4.79 Å². The number of rotatable bonds is 8. The Balaban J connectivity index is 2.34. The van der Waals surface area contributed by atoms with Gasteiger partial charge in [0.1, 0.15) is 11.4 Å². The van der Waals surface area contributed by atoms with Crippen LogP contribution in [0, 0.1) is 0 Å². The molecule has 0 aromatic heterocycles. The van der Waals surface area contributed by atoms with Crippen LogP contribution in [0.5, 0.6) is 11.5 Å². The number of aromatic carboxylic acids is 1. The van der Waals surface area contributed by atoms with Gasteiger partial charge in [-0.3, -0.25) is 0 Å². The number of carboxylic acid groups (broad SMARTS) is 1. The van der Waals surface area contributed by atoms with Crippen LogP contribution in [0.15, 0.2) is 23.8 Å². The maximum absolute atomic E-state index is 12.7. The third-order valence-electron chi connectivity index (χ3n) is 4.77. The third kappa shape index (κ3) is 4.69. The Bertz CT molecular complexity index is 726. The van der Waals surface area contributed by atoms with E-state index in [9.17, 15) is 15.0 Å². The van der Waals surface area contributed by atoms with Crippen molar-refractivity contribution >= 4 is 12.0 Å². The van der Waals surface area contributed by atoms with Crippen molar-refractivity contribution in [2.45, 2.75) is 71.8 Å². The molecule has 1 aromatic rings. The molecule has 1 N–H and O–H groups in total. The van der Waals surface area contributed by atoms with Crippen molar-refractivity contribution in [3.63, 3.8) is 0 Å². The molecule has 4 nitrogen and oxygen atoms in total.